The van der Waals surface area contributed by atoms with Gasteiger partial charge in [0.25, 0.3) is 0 Å². The highest BCUT2D eigenvalue weighted by molar-refractivity contribution is 5.69. The summed E-state index contributed by atoms with van der Waals surface area (Å²) in [6.07, 6.45) is 47.1. The van der Waals surface area contributed by atoms with Crippen molar-refractivity contribution >= 4 is 11.9 Å². The average molecular weight is 615 g/mol. The SMILES string of the molecule is CC/C=C\C/C=C\C/C=C\C/C=C\CCCCCCCCCCC(=O)OC(CCCCCCCC)CCCCCCC(=O)O. The Bertz CT molecular complexity index is 748. The molecule has 0 bridgehead atoms. The number of hydrogen-bond donors (Lipinski definition) is 1. The minimum absolute atomic E-state index is 0.0253. The van der Waals surface area contributed by atoms with Crippen LogP contribution >= 0.6 is 0 Å². The summed E-state index contributed by atoms with van der Waals surface area (Å²) in [6, 6.07) is 0. The number of allylic oxidation sites excluding steroid dienone is 8. The van der Waals surface area contributed by atoms with Gasteiger partial charge in [0.2, 0.25) is 0 Å². The third-order valence-corrected chi connectivity index (χ3v) is 8.07. The Hall–Kier alpha value is -2.10. The molecular weight excluding hydrogens is 544 g/mol. The Morgan fingerprint density at radius 2 is 0.955 bits per heavy atom. The minimum Gasteiger partial charge on any atom is -0.481 e. The van der Waals surface area contributed by atoms with Gasteiger partial charge in [0.15, 0.2) is 0 Å². The number of aliphatic carboxylic acids is 1. The molecular formula is C40H70O4. The first-order chi connectivity index (χ1) is 21.6. The smallest absolute Gasteiger partial charge is 0.306 e. The zero-order chi connectivity index (χ0) is 32.2. The largest absolute Gasteiger partial charge is 0.481 e. The van der Waals surface area contributed by atoms with E-state index in [0.717, 1.165) is 83.5 Å². The number of rotatable bonds is 33. The molecule has 1 unspecified atom stereocenters. The monoisotopic (exact) mass is 615 g/mol. The number of esters is 1. The van der Waals surface area contributed by atoms with Crippen LogP contribution in [0.5, 0.6) is 0 Å². The van der Waals surface area contributed by atoms with Crippen molar-refractivity contribution in [3.05, 3.63) is 48.6 Å². The zero-order valence-electron chi connectivity index (χ0n) is 29.0. The zero-order valence-corrected chi connectivity index (χ0v) is 29.0. The van der Waals surface area contributed by atoms with E-state index in [9.17, 15) is 9.59 Å². The van der Waals surface area contributed by atoms with Crippen LogP contribution in [-0.4, -0.2) is 23.1 Å². The van der Waals surface area contributed by atoms with Gasteiger partial charge in [-0.05, 0) is 77.0 Å². The number of carbonyl (C=O) groups is 2. The maximum Gasteiger partial charge on any atom is 0.306 e. The molecule has 1 atom stereocenters. The molecule has 254 valence electrons. The maximum atomic E-state index is 12.5. The number of carboxylic acid groups (broad SMARTS) is 1. The van der Waals surface area contributed by atoms with Crippen LogP contribution in [0.4, 0.5) is 0 Å². The minimum atomic E-state index is -0.714. The van der Waals surface area contributed by atoms with Gasteiger partial charge in [0, 0.05) is 12.8 Å². The van der Waals surface area contributed by atoms with Crippen LogP contribution in [0.25, 0.3) is 0 Å². The number of carboxylic acids is 1. The van der Waals surface area contributed by atoms with E-state index in [-0.39, 0.29) is 18.5 Å². The lowest BCUT2D eigenvalue weighted by Gasteiger charge is -2.18. The normalized spacial score (nSPS) is 12.8. The highest BCUT2D eigenvalue weighted by atomic mass is 16.5. The molecule has 0 aliphatic heterocycles. The Morgan fingerprint density at radius 1 is 0.523 bits per heavy atom. The maximum absolute atomic E-state index is 12.5. The second kappa shape index (κ2) is 35.4. The van der Waals surface area contributed by atoms with Gasteiger partial charge in [0.1, 0.15) is 6.10 Å². The molecule has 0 radical (unpaired) electrons. The second-order valence-corrected chi connectivity index (χ2v) is 12.4. The third-order valence-electron chi connectivity index (χ3n) is 8.07. The Balaban J connectivity index is 3.83. The van der Waals surface area contributed by atoms with E-state index in [2.05, 4.69) is 62.5 Å². The summed E-state index contributed by atoms with van der Waals surface area (Å²) in [7, 11) is 0. The fraction of sp³-hybridized carbons (Fsp3) is 0.750. The van der Waals surface area contributed by atoms with Crippen LogP contribution in [0, 0.1) is 0 Å². The third kappa shape index (κ3) is 34.4. The van der Waals surface area contributed by atoms with E-state index < -0.39 is 5.97 Å². The van der Waals surface area contributed by atoms with Crippen LogP contribution < -0.4 is 0 Å². The van der Waals surface area contributed by atoms with E-state index in [0.29, 0.717) is 6.42 Å². The molecule has 0 saturated heterocycles. The fourth-order valence-corrected chi connectivity index (χ4v) is 5.35. The van der Waals surface area contributed by atoms with E-state index in [4.69, 9.17) is 9.84 Å². The van der Waals surface area contributed by atoms with Crippen molar-refractivity contribution in [1.29, 1.82) is 0 Å². The molecule has 0 aromatic heterocycles. The first-order valence-corrected chi connectivity index (χ1v) is 18.6. The molecule has 4 nitrogen and oxygen atoms in total. The average Bonchev–Trinajstić information content (AvgIpc) is 3.01. The molecule has 0 saturated carbocycles. The van der Waals surface area contributed by atoms with E-state index in [1.165, 1.54) is 77.0 Å². The Morgan fingerprint density at radius 3 is 1.48 bits per heavy atom. The van der Waals surface area contributed by atoms with Crippen molar-refractivity contribution in [3.63, 3.8) is 0 Å². The van der Waals surface area contributed by atoms with Gasteiger partial charge in [-0.1, -0.05) is 146 Å². The predicted molar refractivity (Wildman–Crippen MR) is 190 cm³/mol. The summed E-state index contributed by atoms with van der Waals surface area (Å²) in [6.45, 7) is 4.40. The van der Waals surface area contributed by atoms with E-state index in [1.54, 1.807) is 0 Å². The summed E-state index contributed by atoms with van der Waals surface area (Å²) in [5.41, 5.74) is 0. The topological polar surface area (TPSA) is 63.6 Å². The lowest BCUT2D eigenvalue weighted by Crippen LogP contribution is -2.18. The molecule has 0 heterocycles. The van der Waals surface area contributed by atoms with Gasteiger partial charge in [-0.3, -0.25) is 9.59 Å². The number of unbranched alkanes of at least 4 members (excludes halogenated alkanes) is 16. The lowest BCUT2D eigenvalue weighted by atomic mass is 10.0. The van der Waals surface area contributed by atoms with Crippen LogP contribution in [0.2, 0.25) is 0 Å². The number of ether oxygens (including phenoxy) is 1. The fourth-order valence-electron chi connectivity index (χ4n) is 5.35. The number of carbonyl (C=O) groups excluding carboxylic acids is 1. The van der Waals surface area contributed by atoms with Crippen LogP contribution in [-0.2, 0) is 14.3 Å². The van der Waals surface area contributed by atoms with Gasteiger partial charge in [-0.2, -0.15) is 0 Å². The summed E-state index contributed by atoms with van der Waals surface area (Å²) >= 11 is 0. The Kier molecular flexibility index (Phi) is 33.7. The molecule has 0 aromatic rings. The molecule has 0 fully saturated rings. The molecule has 44 heavy (non-hydrogen) atoms. The molecule has 0 aliphatic carbocycles. The van der Waals surface area contributed by atoms with E-state index >= 15 is 0 Å². The number of hydrogen-bond acceptors (Lipinski definition) is 3. The van der Waals surface area contributed by atoms with Gasteiger partial charge in [-0.15, -0.1) is 0 Å². The molecule has 0 aromatic carbocycles. The molecule has 0 rings (SSSR count). The van der Waals surface area contributed by atoms with Crippen molar-refractivity contribution in [1.82, 2.24) is 0 Å². The molecule has 0 spiro atoms. The molecule has 0 aliphatic rings. The van der Waals surface area contributed by atoms with Crippen LogP contribution in [0.1, 0.15) is 187 Å². The van der Waals surface area contributed by atoms with Crippen molar-refractivity contribution < 1.29 is 19.4 Å². The van der Waals surface area contributed by atoms with Gasteiger partial charge in [-0.25, -0.2) is 0 Å². The highest BCUT2D eigenvalue weighted by Gasteiger charge is 2.14. The predicted octanol–water partition coefficient (Wildman–Crippen LogP) is 12.8. The van der Waals surface area contributed by atoms with Crippen molar-refractivity contribution in [2.24, 2.45) is 0 Å². The first kappa shape index (κ1) is 41.9. The van der Waals surface area contributed by atoms with Crippen molar-refractivity contribution in [3.8, 4) is 0 Å². The van der Waals surface area contributed by atoms with Crippen LogP contribution in [0.15, 0.2) is 48.6 Å². The molecule has 0 amide bonds. The second-order valence-electron chi connectivity index (χ2n) is 12.4. The summed E-state index contributed by atoms with van der Waals surface area (Å²) in [5.74, 6) is -0.740. The summed E-state index contributed by atoms with van der Waals surface area (Å²) in [4.78, 5) is 23.2. The van der Waals surface area contributed by atoms with E-state index in [1.807, 2.05) is 0 Å². The van der Waals surface area contributed by atoms with Gasteiger partial charge >= 0.3 is 11.9 Å². The Labute approximate surface area is 272 Å². The highest BCUT2D eigenvalue weighted by Crippen LogP contribution is 2.18. The standard InChI is InChI=1S/C40H70O4/c1-3-5-7-9-11-12-13-14-15-16-17-18-19-20-21-22-23-24-25-27-33-37-40(43)44-38(34-30-26-10-8-6-4-2)35-31-28-29-32-36-39(41)42/h5,7,11-12,14-15,17-18,38H,3-4,6,8-10,13,16,19-37H2,1-2H3,(H,41,42)/b7-5-,12-11-,15-14-,18-17-. The van der Waals surface area contributed by atoms with Gasteiger partial charge in [0.05, 0.1) is 0 Å². The van der Waals surface area contributed by atoms with Crippen molar-refractivity contribution in [2.75, 3.05) is 0 Å². The summed E-state index contributed by atoms with van der Waals surface area (Å²) < 4.78 is 5.92. The molecule has 1 N–H and O–H groups in total. The lowest BCUT2D eigenvalue weighted by molar-refractivity contribution is -0.150. The quantitative estimate of drug-likeness (QED) is 0.0454. The first-order valence-electron chi connectivity index (χ1n) is 18.6. The summed E-state index contributed by atoms with van der Waals surface area (Å²) in [5, 5.41) is 8.80. The van der Waals surface area contributed by atoms with Crippen molar-refractivity contribution in [2.45, 2.75) is 193 Å². The van der Waals surface area contributed by atoms with Gasteiger partial charge < -0.3 is 9.84 Å². The van der Waals surface area contributed by atoms with Crippen LogP contribution in [0.3, 0.4) is 0 Å². The molecule has 4 heteroatoms.